The van der Waals surface area contributed by atoms with E-state index in [0.717, 1.165) is 5.57 Å². The van der Waals surface area contributed by atoms with Crippen molar-refractivity contribution in [2.45, 2.75) is 6.92 Å². The molecule has 1 N–H and O–H groups in total. The molecule has 0 bridgehead atoms. The third kappa shape index (κ3) is 1.70. The molecule has 60 valence electrons. The van der Waals surface area contributed by atoms with Crippen molar-refractivity contribution in [2.24, 2.45) is 0 Å². The zero-order chi connectivity index (χ0) is 8.27. The number of allylic oxidation sites excluding steroid dienone is 2. The summed E-state index contributed by atoms with van der Waals surface area (Å²) in [7, 11) is -0.863. The van der Waals surface area contributed by atoms with E-state index in [4.69, 9.17) is 9.68 Å². The summed E-state index contributed by atoms with van der Waals surface area (Å²) in [6.07, 6.45) is 3.16. The van der Waals surface area contributed by atoms with Gasteiger partial charge in [0.15, 0.2) is 0 Å². The van der Waals surface area contributed by atoms with E-state index in [1.807, 2.05) is 0 Å². The van der Waals surface area contributed by atoms with Crippen LogP contribution in [-0.4, -0.2) is 25.4 Å². The van der Waals surface area contributed by atoms with Gasteiger partial charge in [-0.25, -0.2) is 4.39 Å². The first-order valence-electron chi connectivity index (χ1n) is 3.51. The molecular weight excluding hydrogens is 146 g/mol. The van der Waals surface area contributed by atoms with Crippen LogP contribution in [0.3, 0.4) is 0 Å². The molecule has 1 aliphatic rings. The zero-order valence-corrected chi connectivity index (χ0v) is 6.38. The van der Waals surface area contributed by atoms with Crippen molar-refractivity contribution >= 4 is 7.12 Å². The van der Waals surface area contributed by atoms with Crippen molar-refractivity contribution in [3.05, 3.63) is 23.2 Å². The second kappa shape index (κ2) is 3.69. The predicted octanol–water partition coefficient (Wildman–Crippen LogP) is 0.879. The summed E-state index contributed by atoms with van der Waals surface area (Å²) in [5, 5.41) is 9.13. The minimum absolute atomic E-state index is 0.310. The van der Waals surface area contributed by atoms with Crippen LogP contribution < -0.4 is 0 Å². The average Bonchev–Trinajstić information content (AvgIpc) is 2.33. The quantitative estimate of drug-likeness (QED) is 0.571. The first-order valence-corrected chi connectivity index (χ1v) is 3.51. The normalized spacial score (nSPS) is 25.5. The first-order chi connectivity index (χ1) is 5.29. The van der Waals surface area contributed by atoms with Crippen LogP contribution in [0, 0.1) is 0 Å². The van der Waals surface area contributed by atoms with Crippen LogP contribution in [0.1, 0.15) is 6.92 Å². The third-order valence-corrected chi connectivity index (χ3v) is 1.67. The van der Waals surface area contributed by atoms with E-state index in [9.17, 15) is 4.39 Å². The highest BCUT2D eigenvalue weighted by Gasteiger charge is 2.29. The van der Waals surface area contributed by atoms with Crippen molar-refractivity contribution in [1.82, 2.24) is 0 Å². The summed E-state index contributed by atoms with van der Waals surface area (Å²) < 4.78 is 16.7. The van der Waals surface area contributed by atoms with Gasteiger partial charge in [-0.3, -0.25) is 0 Å². The highest BCUT2D eigenvalue weighted by Crippen LogP contribution is 2.20. The highest BCUT2D eigenvalue weighted by atomic mass is 19.1. The van der Waals surface area contributed by atoms with Crippen LogP contribution in [0.25, 0.3) is 0 Å². The molecule has 0 unspecified atom stereocenters. The largest absolute Gasteiger partial charge is 0.491 e. The predicted molar refractivity (Wildman–Crippen MR) is 41.7 cm³/mol. The van der Waals surface area contributed by atoms with Crippen LogP contribution in [-0.2, 0) is 4.65 Å². The monoisotopic (exact) mass is 156 g/mol. The van der Waals surface area contributed by atoms with Gasteiger partial charge in [0.25, 0.3) is 0 Å². The molecule has 0 spiro atoms. The Morgan fingerprint density at radius 3 is 3.09 bits per heavy atom. The first kappa shape index (κ1) is 8.49. The summed E-state index contributed by atoms with van der Waals surface area (Å²) in [4.78, 5) is 0. The minimum Gasteiger partial charge on any atom is -0.423 e. The molecular formula is C7H10BFO2. The molecule has 1 fully saturated rings. The Morgan fingerprint density at radius 1 is 1.82 bits per heavy atom. The van der Waals surface area contributed by atoms with Gasteiger partial charge in [0.1, 0.15) is 6.67 Å². The van der Waals surface area contributed by atoms with Crippen LogP contribution in [0.15, 0.2) is 23.2 Å². The lowest BCUT2D eigenvalue weighted by Crippen LogP contribution is -2.12. The maximum absolute atomic E-state index is 11.8. The van der Waals surface area contributed by atoms with Crippen LogP contribution >= 0.6 is 0 Å². The Balaban J connectivity index is 2.78. The minimum atomic E-state index is -0.863. The second-order valence-electron chi connectivity index (χ2n) is 2.29. The van der Waals surface area contributed by atoms with E-state index in [-0.39, 0.29) is 0 Å². The molecule has 0 aliphatic carbocycles. The molecule has 0 aromatic heterocycles. The molecule has 0 amide bonds. The van der Waals surface area contributed by atoms with Gasteiger partial charge < -0.3 is 9.68 Å². The Morgan fingerprint density at radius 2 is 2.55 bits per heavy atom. The topological polar surface area (TPSA) is 29.5 Å². The average molecular weight is 156 g/mol. The molecule has 11 heavy (non-hydrogen) atoms. The van der Waals surface area contributed by atoms with Gasteiger partial charge in [-0.05, 0) is 24.0 Å². The molecule has 0 saturated carbocycles. The molecule has 0 radical (unpaired) electrons. The maximum Gasteiger partial charge on any atom is 0.491 e. The number of alkyl halides is 1. The fraction of sp³-hybridized carbons (Fsp3) is 0.429. The lowest BCUT2D eigenvalue weighted by molar-refractivity contribution is 0.315. The number of rotatable bonds is 1. The summed E-state index contributed by atoms with van der Waals surface area (Å²) >= 11 is 0. The Kier molecular flexibility index (Phi) is 2.85. The van der Waals surface area contributed by atoms with Crippen LogP contribution in [0.5, 0.6) is 0 Å². The van der Waals surface area contributed by atoms with Crippen molar-refractivity contribution in [2.75, 3.05) is 13.3 Å². The standard InChI is InChI=1S/C7H10BFO2/c1-2-7-6(3-4-9)5-11-8(7)10/h2-3,10H,4-5H2,1H3/b6-3-,7-2+. The van der Waals surface area contributed by atoms with Gasteiger partial charge in [0.05, 0.1) is 6.61 Å². The summed E-state index contributed by atoms with van der Waals surface area (Å²) in [5.74, 6) is 0. The van der Waals surface area contributed by atoms with Crippen LogP contribution in [0.2, 0.25) is 0 Å². The summed E-state index contributed by atoms with van der Waals surface area (Å²) in [6, 6.07) is 0. The number of hydrogen-bond acceptors (Lipinski definition) is 2. The summed E-state index contributed by atoms with van der Waals surface area (Å²) in [5.41, 5.74) is 1.44. The Bertz CT molecular complexity index is 201. The molecule has 2 nitrogen and oxygen atoms in total. The van der Waals surface area contributed by atoms with Crippen molar-refractivity contribution < 1.29 is 14.1 Å². The van der Waals surface area contributed by atoms with Gasteiger partial charge >= 0.3 is 7.12 Å². The van der Waals surface area contributed by atoms with E-state index in [2.05, 4.69) is 0 Å². The molecule has 4 heteroatoms. The molecule has 1 heterocycles. The molecule has 0 aromatic rings. The number of hydrogen-bond donors (Lipinski definition) is 1. The van der Waals surface area contributed by atoms with Crippen molar-refractivity contribution in [3.63, 3.8) is 0 Å². The second-order valence-corrected chi connectivity index (χ2v) is 2.29. The van der Waals surface area contributed by atoms with E-state index in [1.165, 1.54) is 6.08 Å². The SMILES string of the molecule is C/C=C1/B(O)OC/C1=C/CF. The molecule has 0 aromatic carbocycles. The number of halogens is 1. The fourth-order valence-electron chi connectivity index (χ4n) is 1.10. The van der Waals surface area contributed by atoms with Crippen molar-refractivity contribution in [3.8, 4) is 0 Å². The smallest absolute Gasteiger partial charge is 0.423 e. The third-order valence-electron chi connectivity index (χ3n) is 1.67. The Labute approximate surface area is 65.5 Å². The van der Waals surface area contributed by atoms with Gasteiger partial charge in [-0.2, -0.15) is 0 Å². The van der Waals surface area contributed by atoms with Gasteiger partial charge in [-0.1, -0.05) is 6.08 Å². The van der Waals surface area contributed by atoms with E-state index >= 15 is 0 Å². The molecule has 1 aliphatic heterocycles. The highest BCUT2D eigenvalue weighted by molar-refractivity contribution is 6.55. The van der Waals surface area contributed by atoms with Crippen molar-refractivity contribution in [1.29, 1.82) is 0 Å². The van der Waals surface area contributed by atoms with Gasteiger partial charge in [-0.15, -0.1) is 0 Å². The fourth-order valence-corrected chi connectivity index (χ4v) is 1.10. The van der Waals surface area contributed by atoms with Crippen LogP contribution in [0.4, 0.5) is 4.39 Å². The van der Waals surface area contributed by atoms with E-state index in [0.29, 0.717) is 12.1 Å². The lowest BCUT2D eigenvalue weighted by Gasteiger charge is -1.95. The molecule has 1 rings (SSSR count). The summed E-state index contributed by atoms with van der Waals surface area (Å²) in [6.45, 7) is 1.59. The molecule has 0 atom stereocenters. The van der Waals surface area contributed by atoms with E-state index < -0.39 is 13.8 Å². The Hall–Kier alpha value is -0.605. The van der Waals surface area contributed by atoms with Gasteiger partial charge in [0.2, 0.25) is 0 Å². The van der Waals surface area contributed by atoms with Gasteiger partial charge in [0, 0.05) is 0 Å². The molecule has 1 saturated heterocycles. The lowest BCUT2D eigenvalue weighted by atomic mass is 9.77. The van der Waals surface area contributed by atoms with E-state index in [1.54, 1.807) is 13.0 Å². The zero-order valence-electron chi connectivity index (χ0n) is 6.38. The maximum atomic E-state index is 11.8.